The standard InChI is InChI=1S/C12H10BrNO3/c1-6-9(13)4-3-7-8(5-14-10(6)7)11(15)12(16)17-2/h3-5,14H,1-2H3. The Morgan fingerprint density at radius 1 is 1.35 bits per heavy atom. The van der Waals surface area contributed by atoms with E-state index in [0.29, 0.717) is 5.56 Å². The van der Waals surface area contributed by atoms with Crippen molar-refractivity contribution in [3.63, 3.8) is 0 Å². The number of hydrogen-bond donors (Lipinski definition) is 1. The van der Waals surface area contributed by atoms with Gasteiger partial charge in [0.2, 0.25) is 0 Å². The van der Waals surface area contributed by atoms with E-state index in [1.165, 1.54) is 13.3 Å². The smallest absolute Gasteiger partial charge is 0.379 e. The molecule has 2 rings (SSSR count). The van der Waals surface area contributed by atoms with Crippen molar-refractivity contribution in [1.82, 2.24) is 4.98 Å². The number of hydrogen-bond acceptors (Lipinski definition) is 3. The molecule has 0 aliphatic rings. The van der Waals surface area contributed by atoms with E-state index in [-0.39, 0.29) is 0 Å². The number of rotatable bonds is 2. The molecule has 0 unspecified atom stereocenters. The molecule has 0 aliphatic carbocycles. The predicted molar refractivity (Wildman–Crippen MR) is 67.1 cm³/mol. The first kappa shape index (κ1) is 11.9. The van der Waals surface area contributed by atoms with Gasteiger partial charge in [-0.3, -0.25) is 4.79 Å². The maximum Gasteiger partial charge on any atom is 0.379 e. The van der Waals surface area contributed by atoms with Crippen molar-refractivity contribution >= 4 is 38.6 Å². The summed E-state index contributed by atoms with van der Waals surface area (Å²) in [6, 6.07) is 3.64. The van der Waals surface area contributed by atoms with Crippen LogP contribution in [0.3, 0.4) is 0 Å². The summed E-state index contributed by atoms with van der Waals surface area (Å²) in [5, 5.41) is 0.723. The van der Waals surface area contributed by atoms with Crippen molar-refractivity contribution in [1.29, 1.82) is 0 Å². The average molecular weight is 296 g/mol. The first-order valence-corrected chi connectivity index (χ1v) is 5.74. The number of carbonyl (C=O) groups excluding carboxylic acids is 2. The van der Waals surface area contributed by atoms with Crippen LogP contribution in [0.2, 0.25) is 0 Å². The minimum absolute atomic E-state index is 0.336. The van der Waals surface area contributed by atoms with E-state index in [2.05, 4.69) is 25.7 Å². The van der Waals surface area contributed by atoms with Gasteiger partial charge in [0, 0.05) is 16.1 Å². The lowest BCUT2D eigenvalue weighted by atomic mass is 10.1. The number of halogens is 1. The molecule has 4 nitrogen and oxygen atoms in total. The second-order valence-corrected chi connectivity index (χ2v) is 4.47. The quantitative estimate of drug-likeness (QED) is 0.526. The fourth-order valence-electron chi connectivity index (χ4n) is 1.71. The lowest BCUT2D eigenvalue weighted by Gasteiger charge is -2.01. The lowest BCUT2D eigenvalue weighted by molar-refractivity contribution is -0.135. The van der Waals surface area contributed by atoms with Crippen LogP contribution in [0, 0.1) is 6.92 Å². The Morgan fingerprint density at radius 2 is 2.06 bits per heavy atom. The van der Waals surface area contributed by atoms with Crippen molar-refractivity contribution in [2.24, 2.45) is 0 Å². The molecule has 1 aromatic carbocycles. The van der Waals surface area contributed by atoms with Crippen molar-refractivity contribution < 1.29 is 14.3 Å². The average Bonchev–Trinajstić information content (AvgIpc) is 2.76. The number of H-pyrrole nitrogens is 1. The molecule has 17 heavy (non-hydrogen) atoms. The van der Waals surface area contributed by atoms with Crippen LogP contribution in [0.4, 0.5) is 0 Å². The molecule has 0 bridgehead atoms. The van der Waals surface area contributed by atoms with E-state index in [1.807, 2.05) is 13.0 Å². The van der Waals surface area contributed by atoms with Crippen LogP contribution in [0.25, 0.3) is 10.9 Å². The molecule has 0 spiro atoms. The summed E-state index contributed by atoms with van der Waals surface area (Å²) in [6.45, 7) is 1.93. The molecule has 1 aromatic heterocycles. The molecule has 5 heteroatoms. The maximum absolute atomic E-state index is 11.7. The van der Waals surface area contributed by atoms with Crippen LogP contribution < -0.4 is 0 Å². The van der Waals surface area contributed by atoms with Gasteiger partial charge in [-0.1, -0.05) is 22.0 Å². The Morgan fingerprint density at radius 3 is 2.71 bits per heavy atom. The number of carbonyl (C=O) groups is 2. The molecule has 0 fully saturated rings. The van der Waals surface area contributed by atoms with Crippen molar-refractivity contribution in [3.8, 4) is 0 Å². The van der Waals surface area contributed by atoms with Crippen molar-refractivity contribution in [2.45, 2.75) is 6.92 Å². The van der Waals surface area contributed by atoms with Gasteiger partial charge in [0.25, 0.3) is 5.78 Å². The van der Waals surface area contributed by atoms with Crippen LogP contribution in [0.15, 0.2) is 22.8 Å². The van der Waals surface area contributed by atoms with Gasteiger partial charge in [-0.2, -0.15) is 0 Å². The number of benzene rings is 1. The van der Waals surface area contributed by atoms with Gasteiger partial charge in [0.15, 0.2) is 0 Å². The minimum atomic E-state index is -0.855. The highest BCUT2D eigenvalue weighted by molar-refractivity contribution is 9.10. The number of aromatic amines is 1. The van der Waals surface area contributed by atoms with E-state index < -0.39 is 11.8 Å². The number of Topliss-reactive ketones (excluding diaryl/α,β-unsaturated/α-hetero) is 1. The Hall–Kier alpha value is -1.62. The normalized spacial score (nSPS) is 10.5. The first-order valence-electron chi connectivity index (χ1n) is 4.95. The van der Waals surface area contributed by atoms with Crippen LogP contribution in [0.1, 0.15) is 15.9 Å². The molecule has 2 aromatic rings. The predicted octanol–water partition coefficient (Wildman–Crippen LogP) is 2.59. The highest BCUT2D eigenvalue weighted by atomic mass is 79.9. The third kappa shape index (κ3) is 1.86. The molecule has 0 saturated heterocycles. The number of ether oxygens (including phenoxy) is 1. The summed E-state index contributed by atoms with van der Waals surface area (Å²) in [5.41, 5.74) is 2.17. The van der Waals surface area contributed by atoms with Gasteiger partial charge in [0.1, 0.15) is 0 Å². The molecule has 1 heterocycles. The van der Waals surface area contributed by atoms with E-state index >= 15 is 0 Å². The summed E-state index contributed by atoms with van der Waals surface area (Å²) in [7, 11) is 1.19. The summed E-state index contributed by atoms with van der Waals surface area (Å²) >= 11 is 3.41. The zero-order chi connectivity index (χ0) is 12.6. The van der Waals surface area contributed by atoms with E-state index in [4.69, 9.17) is 0 Å². The molecule has 0 saturated carbocycles. The van der Waals surface area contributed by atoms with Gasteiger partial charge in [-0.25, -0.2) is 4.79 Å². The molecular weight excluding hydrogens is 286 g/mol. The van der Waals surface area contributed by atoms with Gasteiger partial charge >= 0.3 is 5.97 Å². The minimum Gasteiger partial charge on any atom is -0.463 e. The third-order valence-electron chi connectivity index (χ3n) is 2.67. The van der Waals surface area contributed by atoms with Crippen LogP contribution >= 0.6 is 15.9 Å². The summed E-state index contributed by atoms with van der Waals surface area (Å²) in [4.78, 5) is 26.0. The van der Waals surface area contributed by atoms with Crippen LogP contribution in [-0.2, 0) is 9.53 Å². The fraction of sp³-hybridized carbons (Fsp3) is 0.167. The number of nitrogens with one attached hydrogen (secondary N) is 1. The zero-order valence-electron chi connectivity index (χ0n) is 9.33. The van der Waals surface area contributed by atoms with Crippen LogP contribution in [0.5, 0.6) is 0 Å². The highest BCUT2D eigenvalue weighted by Gasteiger charge is 2.21. The van der Waals surface area contributed by atoms with Gasteiger partial charge in [-0.05, 0) is 18.6 Å². The second kappa shape index (κ2) is 4.33. The summed E-state index contributed by atoms with van der Waals surface area (Å²) in [6.07, 6.45) is 1.53. The SMILES string of the molecule is COC(=O)C(=O)c1c[nH]c2c(C)c(Br)ccc12. The maximum atomic E-state index is 11.7. The molecule has 0 aliphatic heterocycles. The largest absolute Gasteiger partial charge is 0.463 e. The zero-order valence-corrected chi connectivity index (χ0v) is 10.9. The lowest BCUT2D eigenvalue weighted by Crippen LogP contribution is -2.15. The molecule has 0 atom stereocenters. The number of methoxy groups -OCH3 is 1. The Kier molecular flexibility index (Phi) is 3.02. The molecule has 0 radical (unpaired) electrons. The number of aromatic nitrogens is 1. The Bertz CT molecular complexity index is 615. The van der Waals surface area contributed by atoms with Crippen LogP contribution in [-0.4, -0.2) is 23.8 Å². The molecule has 1 N–H and O–H groups in total. The fourth-order valence-corrected chi connectivity index (χ4v) is 2.04. The Labute approximate surface area is 106 Å². The van der Waals surface area contributed by atoms with E-state index in [1.54, 1.807) is 6.07 Å². The molecular formula is C12H10BrNO3. The number of fused-ring (bicyclic) bond motifs is 1. The van der Waals surface area contributed by atoms with Crippen molar-refractivity contribution in [3.05, 3.63) is 33.9 Å². The van der Waals surface area contributed by atoms with Gasteiger partial charge in [0.05, 0.1) is 18.2 Å². The Balaban J connectivity index is 2.62. The van der Waals surface area contributed by atoms with Gasteiger partial charge < -0.3 is 9.72 Å². The summed E-state index contributed by atoms with van der Waals surface area (Å²) in [5.74, 6) is -1.49. The van der Waals surface area contributed by atoms with Crippen molar-refractivity contribution in [2.75, 3.05) is 7.11 Å². The number of esters is 1. The number of aryl methyl sites for hydroxylation is 1. The van der Waals surface area contributed by atoms with Gasteiger partial charge in [-0.15, -0.1) is 0 Å². The number of ketones is 1. The molecule has 0 amide bonds. The monoisotopic (exact) mass is 295 g/mol. The first-order chi connectivity index (χ1) is 8.06. The summed E-state index contributed by atoms with van der Waals surface area (Å²) < 4.78 is 5.38. The molecule has 88 valence electrons. The van der Waals surface area contributed by atoms with E-state index in [9.17, 15) is 9.59 Å². The topological polar surface area (TPSA) is 59.2 Å². The highest BCUT2D eigenvalue weighted by Crippen LogP contribution is 2.27. The van der Waals surface area contributed by atoms with E-state index in [0.717, 1.165) is 20.9 Å². The second-order valence-electron chi connectivity index (χ2n) is 3.62. The third-order valence-corrected chi connectivity index (χ3v) is 3.52.